The van der Waals surface area contributed by atoms with E-state index in [1.807, 2.05) is 0 Å². The minimum absolute atomic E-state index is 0.0588. The molecule has 1 amide bonds. The van der Waals surface area contributed by atoms with Gasteiger partial charge in [-0.05, 0) is 62.2 Å². The van der Waals surface area contributed by atoms with Crippen LogP contribution in [0.1, 0.15) is 10.4 Å². The Bertz CT molecular complexity index is 671. The van der Waals surface area contributed by atoms with Crippen molar-refractivity contribution in [1.82, 2.24) is 0 Å². The summed E-state index contributed by atoms with van der Waals surface area (Å²) in [5.74, 6) is -1.48. The fraction of sp³-hybridized carbons (Fsp3) is 0. The largest absolute Gasteiger partial charge is 0.320 e. The summed E-state index contributed by atoms with van der Waals surface area (Å²) in [5.41, 5.74) is 0.480. The second-order valence-corrected chi connectivity index (χ2v) is 5.94. The first kappa shape index (κ1) is 15.4. The van der Waals surface area contributed by atoms with Crippen LogP contribution in [-0.2, 0) is 0 Å². The van der Waals surface area contributed by atoms with Crippen LogP contribution in [0.2, 0.25) is 5.02 Å². The molecular weight excluding hydrogens is 419 g/mol. The number of carbonyl (C=O) groups excluding carboxylic acids is 1. The molecule has 0 spiro atoms. The Kier molecular flexibility index (Phi) is 4.78. The highest BCUT2D eigenvalue weighted by molar-refractivity contribution is 9.11. The van der Waals surface area contributed by atoms with Crippen molar-refractivity contribution in [2.45, 2.75) is 0 Å². The number of hydrogen-bond acceptors (Lipinski definition) is 1. The lowest BCUT2D eigenvalue weighted by Crippen LogP contribution is -2.13. The van der Waals surface area contributed by atoms with Gasteiger partial charge in [-0.1, -0.05) is 11.6 Å². The maximum Gasteiger partial charge on any atom is 0.256 e. The molecule has 2 aromatic carbocycles. The second-order valence-electron chi connectivity index (χ2n) is 3.82. The first-order valence-electron chi connectivity index (χ1n) is 5.29. The van der Waals surface area contributed by atoms with Gasteiger partial charge in [0.15, 0.2) is 0 Å². The highest BCUT2D eigenvalue weighted by Crippen LogP contribution is 2.32. The molecule has 0 saturated heterocycles. The van der Waals surface area contributed by atoms with Crippen LogP contribution in [0.3, 0.4) is 0 Å². The fourth-order valence-electron chi connectivity index (χ4n) is 1.52. The summed E-state index contributed by atoms with van der Waals surface area (Å²) >= 11 is 12.1. The van der Waals surface area contributed by atoms with Crippen LogP contribution >= 0.6 is 43.5 Å². The molecule has 0 aromatic heterocycles. The van der Waals surface area contributed by atoms with Crippen molar-refractivity contribution in [3.63, 3.8) is 0 Å². The highest BCUT2D eigenvalue weighted by atomic mass is 79.9. The number of amides is 1. The van der Waals surface area contributed by atoms with Crippen molar-refractivity contribution in [3.05, 3.63) is 61.5 Å². The summed E-state index contributed by atoms with van der Waals surface area (Å²) in [7, 11) is 0. The van der Waals surface area contributed by atoms with Gasteiger partial charge in [0.25, 0.3) is 5.91 Å². The molecule has 2 nitrogen and oxygen atoms in total. The number of hydrogen-bond donors (Lipinski definition) is 1. The Morgan fingerprint density at radius 3 is 2.30 bits per heavy atom. The number of benzene rings is 2. The molecule has 0 aliphatic heterocycles. The Hall–Kier alpha value is -0.980. The van der Waals surface area contributed by atoms with E-state index in [0.29, 0.717) is 8.95 Å². The lowest BCUT2D eigenvalue weighted by molar-refractivity contribution is 0.102. The Balaban J connectivity index is 2.33. The van der Waals surface area contributed by atoms with E-state index in [4.69, 9.17) is 11.6 Å². The normalized spacial score (nSPS) is 10.4. The van der Waals surface area contributed by atoms with E-state index in [0.717, 1.165) is 6.07 Å². The second kappa shape index (κ2) is 6.20. The van der Waals surface area contributed by atoms with Crippen molar-refractivity contribution in [1.29, 1.82) is 0 Å². The molecule has 0 saturated carbocycles. The summed E-state index contributed by atoms with van der Waals surface area (Å²) in [6.45, 7) is 0. The van der Waals surface area contributed by atoms with E-state index in [-0.39, 0.29) is 16.3 Å². The third-order valence-corrected chi connectivity index (χ3v) is 4.00. The monoisotopic (exact) mass is 423 g/mol. The number of rotatable bonds is 2. The zero-order valence-corrected chi connectivity index (χ0v) is 13.6. The maximum absolute atomic E-state index is 13.1. The van der Waals surface area contributed by atoms with E-state index in [1.165, 1.54) is 24.3 Å². The summed E-state index contributed by atoms with van der Waals surface area (Å²) in [6.07, 6.45) is 0. The molecule has 20 heavy (non-hydrogen) atoms. The molecule has 0 bridgehead atoms. The molecule has 0 aliphatic rings. The summed E-state index contributed by atoms with van der Waals surface area (Å²) < 4.78 is 26.7. The number of nitrogens with one attached hydrogen (secondary N) is 1. The predicted molar refractivity (Wildman–Crippen MR) is 81.2 cm³/mol. The van der Waals surface area contributed by atoms with Gasteiger partial charge in [0.2, 0.25) is 0 Å². The van der Waals surface area contributed by atoms with Gasteiger partial charge < -0.3 is 5.32 Å². The average Bonchev–Trinajstić information content (AvgIpc) is 2.33. The zero-order chi connectivity index (χ0) is 14.9. The molecule has 0 unspecified atom stereocenters. The Morgan fingerprint density at radius 1 is 1.05 bits per heavy atom. The third-order valence-electron chi connectivity index (χ3n) is 2.42. The standard InChI is InChI=1S/C13H6Br2ClF2NO/c14-9-3-6(17)1-2-8(9)13(20)19-12-10(15)4-7(18)5-11(12)16/h1-5H,(H,19,20). The molecule has 0 fully saturated rings. The van der Waals surface area contributed by atoms with E-state index in [2.05, 4.69) is 37.2 Å². The van der Waals surface area contributed by atoms with Crippen LogP contribution in [0.25, 0.3) is 0 Å². The molecule has 104 valence electrons. The molecule has 0 radical (unpaired) electrons. The maximum atomic E-state index is 13.1. The SMILES string of the molecule is O=C(Nc1c(Cl)cc(F)cc1Br)c1ccc(F)cc1Br. The van der Waals surface area contributed by atoms with Gasteiger partial charge >= 0.3 is 0 Å². The molecule has 7 heteroatoms. The molecule has 1 N–H and O–H groups in total. The van der Waals surface area contributed by atoms with Crippen molar-refractivity contribution in [2.75, 3.05) is 5.32 Å². The van der Waals surface area contributed by atoms with Crippen molar-refractivity contribution >= 4 is 55.1 Å². The first-order valence-corrected chi connectivity index (χ1v) is 7.26. The molecule has 2 rings (SSSR count). The van der Waals surface area contributed by atoms with Gasteiger partial charge in [-0.2, -0.15) is 0 Å². The third kappa shape index (κ3) is 3.37. The topological polar surface area (TPSA) is 29.1 Å². The van der Waals surface area contributed by atoms with Crippen molar-refractivity contribution < 1.29 is 13.6 Å². The molecule has 2 aromatic rings. The summed E-state index contributed by atoms with van der Waals surface area (Å²) in [6, 6.07) is 5.94. The summed E-state index contributed by atoms with van der Waals surface area (Å²) in [4.78, 5) is 12.1. The van der Waals surface area contributed by atoms with E-state index in [9.17, 15) is 13.6 Å². The smallest absolute Gasteiger partial charge is 0.256 e. The highest BCUT2D eigenvalue weighted by Gasteiger charge is 2.15. The van der Waals surface area contributed by atoms with E-state index < -0.39 is 17.5 Å². The minimum Gasteiger partial charge on any atom is -0.320 e. The van der Waals surface area contributed by atoms with Gasteiger partial charge in [0.1, 0.15) is 11.6 Å². The van der Waals surface area contributed by atoms with Crippen LogP contribution in [0.15, 0.2) is 39.3 Å². The fourth-order valence-corrected chi connectivity index (χ4v) is 2.95. The van der Waals surface area contributed by atoms with Crippen LogP contribution in [0.5, 0.6) is 0 Å². The molecule has 0 atom stereocenters. The minimum atomic E-state index is -0.525. The van der Waals surface area contributed by atoms with Crippen LogP contribution in [0.4, 0.5) is 14.5 Å². The van der Waals surface area contributed by atoms with Gasteiger partial charge in [0.05, 0.1) is 16.3 Å². The Morgan fingerprint density at radius 2 is 1.70 bits per heavy atom. The predicted octanol–water partition coefficient (Wildman–Crippen LogP) is 5.40. The van der Waals surface area contributed by atoms with E-state index in [1.54, 1.807) is 0 Å². The number of carbonyl (C=O) groups is 1. The number of halogens is 5. The lowest BCUT2D eigenvalue weighted by atomic mass is 10.2. The van der Waals surface area contributed by atoms with Gasteiger partial charge in [-0.3, -0.25) is 4.79 Å². The van der Waals surface area contributed by atoms with Gasteiger partial charge in [-0.15, -0.1) is 0 Å². The lowest BCUT2D eigenvalue weighted by Gasteiger charge is -2.10. The van der Waals surface area contributed by atoms with E-state index >= 15 is 0 Å². The van der Waals surface area contributed by atoms with Crippen molar-refractivity contribution in [2.24, 2.45) is 0 Å². The average molecular weight is 425 g/mol. The molecular formula is C13H6Br2ClF2NO. The van der Waals surface area contributed by atoms with Crippen molar-refractivity contribution in [3.8, 4) is 0 Å². The number of anilines is 1. The Labute approximate surface area is 135 Å². The zero-order valence-electron chi connectivity index (χ0n) is 9.68. The van der Waals surface area contributed by atoms with Crippen LogP contribution in [0, 0.1) is 11.6 Å². The van der Waals surface area contributed by atoms with Crippen LogP contribution in [-0.4, -0.2) is 5.91 Å². The molecule has 0 heterocycles. The van der Waals surface area contributed by atoms with Gasteiger partial charge in [0, 0.05) is 8.95 Å². The van der Waals surface area contributed by atoms with Gasteiger partial charge in [-0.25, -0.2) is 8.78 Å². The molecule has 0 aliphatic carbocycles. The quantitative estimate of drug-likeness (QED) is 0.686. The summed E-state index contributed by atoms with van der Waals surface area (Å²) in [5, 5.41) is 2.60. The first-order chi connectivity index (χ1) is 9.38. The van der Waals surface area contributed by atoms with Crippen LogP contribution < -0.4 is 5.32 Å².